The van der Waals surface area contributed by atoms with Gasteiger partial charge in [0.1, 0.15) is 0 Å². The van der Waals surface area contributed by atoms with Crippen molar-refractivity contribution >= 4 is 11.7 Å². The van der Waals surface area contributed by atoms with Crippen LogP contribution in [0.15, 0.2) is 42.7 Å². The summed E-state index contributed by atoms with van der Waals surface area (Å²) >= 11 is 0. The largest absolute Gasteiger partial charge is 0.449 e. The number of rotatable bonds is 4. The molecule has 22 heavy (non-hydrogen) atoms. The lowest BCUT2D eigenvalue weighted by molar-refractivity contribution is 0.0557. The van der Waals surface area contributed by atoms with Gasteiger partial charge in [-0.25, -0.2) is 4.79 Å². The normalized spacial score (nSPS) is 13.9. The van der Waals surface area contributed by atoms with E-state index < -0.39 is 0 Å². The summed E-state index contributed by atoms with van der Waals surface area (Å²) in [6.07, 6.45) is 11.4. The van der Waals surface area contributed by atoms with Crippen LogP contribution in [0.4, 0.5) is 5.69 Å². The molecule has 0 aliphatic carbocycles. The number of hydrogen-bond acceptors (Lipinski definition) is 3. The number of hydrogen-bond donors (Lipinski definition) is 0. The fourth-order valence-corrected chi connectivity index (χ4v) is 2.77. The standard InChI is InChI=1S/C18H18N2O2/c1-2-13-22-18(21)16-14-15(19-9-3-4-10-19)7-8-17(16)20-11-5-6-12-20/h1,3-4,7-10,14H,5-6,11-13H2. The van der Waals surface area contributed by atoms with Crippen molar-refractivity contribution in [2.24, 2.45) is 0 Å². The third-order valence-corrected chi connectivity index (χ3v) is 3.84. The van der Waals surface area contributed by atoms with E-state index in [0.29, 0.717) is 5.56 Å². The van der Waals surface area contributed by atoms with Gasteiger partial charge in [0, 0.05) is 31.2 Å². The van der Waals surface area contributed by atoms with Crippen molar-refractivity contribution < 1.29 is 9.53 Å². The van der Waals surface area contributed by atoms with Gasteiger partial charge in [0.2, 0.25) is 0 Å². The molecule has 1 aromatic heterocycles. The van der Waals surface area contributed by atoms with Crippen molar-refractivity contribution in [1.82, 2.24) is 4.57 Å². The van der Waals surface area contributed by atoms with Crippen LogP contribution in [-0.2, 0) is 4.74 Å². The Balaban J connectivity index is 1.98. The molecule has 0 N–H and O–H groups in total. The highest BCUT2D eigenvalue weighted by atomic mass is 16.5. The third kappa shape index (κ3) is 2.84. The quantitative estimate of drug-likeness (QED) is 0.642. The van der Waals surface area contributed by atoms with E-state index in [1.165, 1.54) is 0 Å². The maximum Gasteiger partial charge on any atom is 0.341 e. The Bertz CT molecular complexity index is 692. The van der Waals surface area contributed by atoms with E-state index in [1.807, 2.05) is 47.3 Å². The van der Waals surface area contributed by atoms with Crippen LogP contribution >= 0.6 is 0 Å². The van der Waals surface area contributed by atoms with Crippen LogP contribution in [0.1, 0.15) is 23.2 Å². The highest BCUT2D eigenvalue weighted by Gasteiger charge is 2.21. The summed E-state index contributed by atoms with van der Waals surface area (Å²) in [7, 11) is 0. The molecule has 112 valence electrons. The van der Waals surface area contributed by atoms with Crippen LogP contribution in [-0.4, -0.2) is 30.2 Å². The van der Waals surface area contributed by atoms with E-state index in [2.05, 4.69) is 10.8 Å². The number of carbonyl (C=O) groups is 1. The van der Waals surface area contributed by atoms with E-state index in [1.54, 1.807) is 0 Å². The number of nitrogens with zero attached hydrogens (tertiary/aromatic N) is 2. The second-order valence-electron chi connectivity index (χ2n) is 5.27. The van der Waals surface area contributed by atoms with Crippen molar-refractivity contribution in [1.29, 1.82) is 0 Å². The highest BCUT2D eigenvalue weighted by Crippen LogP contribution is 2.27. The van der Waals surface area contributed by atoms with Crippen LogP contribution < -0.4 is 4.90 Å². The molecular formula is C18H18N2O2. The summed E-state index contributed by atoms with van der Waals surface area (Å²) < 4.78 is 7.10. The molecule has 1 aliphatic heterocycles. The van der Waals surface area contributed by atoms with Crippen molar-refractivity contribution in [2.45, 2.75) is 12.8 Å². The Morgan fingerprint density at radius 3 is 2.64 bits per heavy atom. The van der Waals surface area contributed by atoms with Gasteiger partial charge in [-0.15, -0.1) is 6.42 Å². The summed E-state index contributed by atoms with van der Waals surface area (Å²) in [5.41, 5.74) is 2.43. The smallest absolute Gasteiger partial charge is 0.341 e. The Kier molecular flexibility index (Phi) is 4.15. The monoisotopic (exact) mass is 294 g/mol. The van der Waals surface area contributed by atoms with Gasteiger partial charge < -0.3 is 14.2 Å². The molecule has 1 saturated heterocycles. The lowest BCUT2D eigenvalue weighted by atomic mass is 10.1. The number of ether oxygens (including phenoxy) is 1. The Morgan fingerprint density at radius 2 is 1.95 bits per heavy atom. The Labute approximate surface area is 130 Å². The van der Waals surface area contributed by atoms with Crippen LogP contribution in [0, 0.1) is 12.3 Å². The van der Waals surface area contributed by atoms with Crippen molar-refractivity contribution in [3.63, 3.8) is 0 Å². The predicted octanol–water partition coefficient (Wildman–Crippen LogP) is 2.87. The van der Waals surface area contributed by atoms with E-state index in [9.17, 15) is 4.79 Å². The predicted molar refractivity (Wildman–Crippen MR) is 86.3 cm³/mol. The zero-order valence-electron chi connectivity index (χ0n) is 12.4. The lowest BCUT2D eigenvalue weighted by Gasteiger charge is -2.21. The van der Waals surface area contributed by atoms with E-state index in [0.717, 1.165) is 37.3 Å². The fourth-order valence-electron chi connectivity index (χ4n) is 2.77. The second kappa shape index (κ2) is 6.40. The molecule has 0 saturated carbocycles. The third-order valence-electron chi connectivity index (χ3n) is 3.84. The lowest BCUT2D eigenvalue weighted by Crippen LogP contribution is -2.21. The van der Waals surface area contributed by atoms with Gasteiger partial charge in [0.15, 0.2) is 6.61 Å². The summed E-state index contributed by atoms with van der Waals surface area (Å²) in [5.74, 6) is 1.97. The van der Waals surface area contributed by atoms with E-state index in [-0.39, 0.29) is 12.6 Å². The van der Waals surface area contributed by atoms with Gasteiger partial charge in [-0.1, -0.05) is 5.92 Å². The van der Waals surface area contributed by atoms with Gasteiger partial charge >= 0.3 is 5.97 Å². The maximum atomic E-state index is 12.3. The molecule has 4 nitrogen and oxygen atoms in total. The average Bonchev–Trinajstić information content (AvgIpc) is 3.24. The van der Waals surface area contributed by atoms with Gasteiger partial charge in [0.25, 0.3) is 0 Å². The molecule has 0 bridgehead atoms. The summed E-state index contributed by atoms with van der Waals surface area (Å²) in [5, 5.41) is 0. The van der Waals surface area contributed by atoms with Gasteiger partial charge in [-0.05, 0) is 43.2 Å². The van der Waals surface area contributed by atoms with Crippen molar-refractivity contribution in [2.75, 3.05) is 24.6 Å². The van der Waals surface area contributed by atoms with Crippen LogP contribution in [0.2, 0.25) is 0 Å². The maximum absolute atomic E-state index is 12.3. The molecule has 0 amide bonds. The van der Waals surface area contributed by atoms with Crippen LogP contribution in [0.5, 0.6) is 0 Å². The molecule has 0 unspecified atom stereocenters. The van der Waals surface area contributed by atoms with Gasteiger partial charge in [-0.3, -0.25) is 0 Å². The van der Waals surface area contributed by atoms with E-state index in [4.69, 9.17) is 11.2 Å². The number of esters is 1. The summed E-state index contributed by atoms with van der Waals surface area (Å²) in [6.45, 7) is 1.93. The number of benzene rings is 1. The SMILES string of the molecule is C#CCOC(=O)c1cc(-n2cccc2)ccc1N1CCCC1. The second-order valence-corrected chi connectivity index (χ2v) is 5.27. The highest BCUT2D eigenvalue weighted by molar-refractivity contribution is 5.96. The molecule has 2 aromatic rings. The van der Waals surface area contributed by atoms with Crippen molar-refractivity contribution in [3.8, 4) is 18.0 Å². The first-order valence-electron chi connectivity index (χ1n) is 7.42. The Morgan fingerprint density at radius 1 is 1.23 bits per heavy atom. The molecule has 0 atom stereocenters. The topological polar surface area (TPSA) is 34.5 Å². The first-order chi connectivity index (χ1) is 10.8. The molecule has 2 heterocycles. The van der Waals surface area contributed by atoms with Crippen molar-refractivity contribution in [3.05, 3.63) is 48.3 Å². The first-order valence-corrected chi connectivity index (χ1v) is 7.42. The minimum atomic E-state index is -0.367. The Hall–Kier alpha value is -2.67. The molecule has 1 fully saturated rings. The van der Waals surface area contributed by atoms with Gasteiger partial charge in [-0.2, -0.15) is 0 Å². The minimum Gasteiger partial charge on any atom is -0.449 e. The molecule has 3 rings (SSSR count). The number of terminal acetylenes is 1. The average molecular weight is 294 g/mol. The zero-order chi connectivity index (χ0) is 15.4. The minimum absolute atomic E-state index is 0.00792. The first kappa shape index (κ1) is 14.3. The van der Waals surface area contributed by atoms with Gasteiger partial charge in [0.05, 0.1) is 11.3 Å². The van der Waals surface area contributed by atoms with E-state index >= 15 is 0 Å². The molecule has 1 aromatic carbocycles. The molecule has 1 aliphatic rings. The van der Waals surface area contributed by atoms with Crippen LogP contribution in [0.3, 0.4) is 0 Å². The summed E-state index contributed by atoms with van der Waals surface area (Å²) in [6, 6.07) is 9.78. The number of anilines is 1. The molecular weight excluding hydrogens is 276 g/mol. The number of aromatic nitrogens is 1. The molecule has 0 radical (unpaired) electrons. The fraction of sp³-hybridized carbons (Fsp3) is 0.278. The zero-order valence-corrected chi connectivity index (χ0v) is 12.4. The molecule has 4 heteroatoms. The van der Waals surface area contributed by atoms with Crippen LogP contribution in [0.25, 0.3) is 5.69 Å². The summed E-state index contributed by atoms with van der Waals surface area (Å²) in [4.78, 5) is 14.6. The molecule has 0 spiro atoms. The number of carbonyl (C=O) groups excluding carboxylic acids is 1.